The third kappa shape index (κ3) is 3.21. The van der Waals surface area contributed by atoms with Crippen molar-refractivity contribution in [3.05, 3.63) is 48.0 Å². The first-order chi connectivity index (χ1) is 11.0. The van der Waals surface area contributed by atoms with E-state index in [0.29, 0.717) is 34.1 Å². The molecule has 0 radical (unpaired) electrons. The Morgan fingerprint density at radius 2 is 1.48 bits per heavy atom. The maximum absolute atomic E-state index is 13.8. The van der Waals surface area contributed by atoms with Gasteiger partial charge in [-0.05, 0) is 29.8 Å². The molecule has 1 aromatic heterocycles. The molecule has 0 aliphatic carbocycles. The molecule has 0 amide bonds. The van der Waals surface area contributed by atoms with Crippen molar-refractivity contribution in [1.29, 1.82) is 0 Å². The number of halogens is 1. The van der Waals surface area contributed by atoms with E-state index in [-0.39, 0.29) is 5.75 Å². The highest BCUT2D eigenvalue weighted by atomic mass is 19.1. The molecule has 1 aromatic carbocycles. The minimum Gasteiger partial charge on any atom is -0.493 e. The zero-order chi connectivity index (χ0) is 17.0. The number of ether oxygens (including phenoxy) is 4. The zero-order valence-electron chi connectivity index (χ0n) is 13.5. The molecule has 0 unspecified atom stereocenters. The van der Waals surface area contributed by atoms with Crippen molar-refractivity contribution in [2.24, 2.45) is 0 Å². The largest absolute Gasteiger partial charge is 0.493 e. The predicted octanol–water partition coefficient (Wildman–Crippen LogP) is 3.32. The third-order valence-electron chi connectivity index (χ3n) is 3.36. The minimum atomic E-state index is -0.696. The Morgan fingerprint density at radius 3 is 1.91 bits per heavy atom. The van der Waals surface area contributed by atoms with Gasteiger partial charge in [0.25, 0.3) is 5.95 Å². The van der Waals surface area contributed by atoms with Crippen molar-refractivity contribution in [3.63, 3.8) is 0 Å². The molecule has 0 atom stereocenters. The minimum absolute atomic E-state index is 0.0754. The summed E-state index contributed by atoms with van der Waals surface area (Å²) >= 11 is 0. The highest BCUT2D eigenvalue weighted by molar-refractivity contribution is 5.79. The second-order valence-corrected chi connectivity index (χ2v) is 4.58. The highest BCUT2D eigenvalue weighted by Crippen LogP contribution is 2.40. The van der Waals surface area contributed by atoms with Crippen molar-refractivity contribution in [2.75, 3.05) is 28.4 Å². The van der Waals surface area contributed by atoms with E-state index in [1.54, 1.807) is 18.2 Å². The summed E-state index contributed by atoms with van der Waals surface area (Å²) < 4.78 is 34.5. The summed E-state index contributed by atoms with van der Waals surface area (Å²) in [6, 6.07) is 6.59. The molecule has 0 N–H and O–H groups in total. The van der Waals surface area contributed by atoms with Gasteiger partial charge in [-0.3, -0.25) is 0 Å². The average molecular weight is 319 g/mol. The van der Waals surface area contributed by atoms with E-state index in [0.717, 1.165) is 0 Å². The van der Waals surface area contributed by atoms with Gasteiger partial charge in [-0.1, -0.05) is 6.58 Å². The Labute approximate surface area is 134 Å². The highest BCUT2D eigenvalue weighted by Gasteiger charge is 2.16. The average Bonchev–Trinajstić information content (AvgIpc) is 2.59. The molecule has 0 aliphatic heterocycles. The monoisotopic (exact) mass is 319 g/mol. The molecule has 0 saturated carbocycles. The molecule has 0 aliphatic rings. The van der Waals surface area contributed by atoms with Crippen LogP contribution >= 0.6 is 0 Å². The molecule has 0 spiro atoms. The number of pyridine rings is 1. The fraction of sp³-hybridized carbons (Fsp3) is 0.235. The van der Waals surface area contributed by atoms with E-state index in [4.69, 9.17) is 18.9 Å². The van der Waals surface area contributed by atoms with Crippen LogP contribution in [-0.2, 0) is 0 Å². The van der Waals surface area contributed by atoms with Crippen molar-refractivity contribution in [2.45, 2.75) is 0 Å². The van der Waals surface area contributed by atoms with Crippen molar-refractivity contribution < 1.29 is 23.3 Å². The lowest BCUT2D eigenvalue weighted by Gasteiger charge is -2.15. The van der Waals surface area contributed by atoms with Gasteiger partial charge in [0.2, 0.25) is 5.75 Å². The van der Waals surface area contributed by atoms with Crippen LogP contribution in [0.2, 0.25) is 0 Å². The van der Waals surface area contributed by atoms with E-state index in [1.165, 1.54) is 34.5 Å². The Kier molecular flexibility index (Phi) is 5.05. The van der Waals surface area contributed by atoms with E-state index in [2.05, 4.69) is 11.6 Å². The van der Waals surface area contributed by atoms with Gasteiger partial charge < -0.3 is 18.9 Å². The summed E-state index contributed by atoms with van der Waals surface area (Å²) in [6.45, 7) is 3.98. The first kappa shape index (κ1) is 16.6. The van der Waals surface area contributed by atoms with Crippen LogP contribution in [0.4, 0.5) is 4.39 Å². The van der Waals surface area contributed by atoms with Crippen molar-refractivity contribution in [1.82, 2.24) is 4.98 Å². The molecule has 1 heterocycles. The SMILES string of the molecule is C=C(c1cc(OC)c(OC)c(OC)c1)c1ccc(OC)c(F)n1. The molecule has 2 aromatic rings. The summed E-state index contributed by atoms with van der Waals surface area (Å²) in [6.07, 6.45) is 0. The van der Waals surface area contributed by atoms with Gasteiger partial charge in [0.15, 0.2) is 17.2 Å². The maximum Gasteiger partial charge on any atom is 0.255 e. The van der Waals surface area contributed by atoms with Gasteiger partial charge in [0.05, 0.1) is 34.1 Å². The van der Waals surface area contributed by atoms with Gasteiger partial charge in [-0.25, -0.2) is 4.98 Å². The zero-order valence-corrected chi connectivity index (χ0v) is 13.5. The van der Waals surface area contributed by atoms with Crippen LogP contribution in [0.25, 0.3) is 5.57 Å². The van der Waals surface area contributed by atoms with Crippen LogP contribution < -0.4 is 18.9 Å². The van der Waals surface area contributed by atoms with Gasteiger partial charge in [0.1, 0.15) is 0 Å². The molecule has 5 nitrogen and oxygen atoms in total. The number of nitrogens with zero attached hydrogens (tertiary/aromatic N) is 1. The third-order valence-corrected chi connectivity index (χ3v) is 3.36. The molecule has 2 rings (SSSR count). The van der Waals surface area contributed by atoms with Crippen molar-refractivity contribution >= 4 is 5.57 Å². The van der Waals surface area contributed by atoms with Crippen LogP contribution in [0.3, 0.4) is 0 Å². The summed E-state index contributed by atoms with van der Waals surface area (Å²) in [7, 11) is 5.95. The number of methoxy groups -OCH3 is 4. The fourth-order valence-electron chi connectivity index (χ4n) is 2.15. The van der Waals surface area contributed by atoms with Crippen LogP contribution in [0.5, 0.6) is 23.0 Å². The quantitative estimate of drug-likeness (QED) is 0.765. The van der Waals surface area contributed by atoms with Gasteiger partial charge >= 0.3 is 0 Å². The van der Waals surface area contributed by atoms with Crippen LogP contribution in [0.15, 0.2) is 30.8 Å². The lowest BCUT2D eigenvalue weighted by atomic mass is 10.0. The van der Waals surface area contributed by atoms with E-state index in [1.807, 2.05) is 0 Å². The summed E-state index contributed by atoms with van der Waals surface area (Å²) in [4.78, 5) is 3.87. The molecule has 122 valence electrons. The normalized spacial score (nSPS) is 10.1. The van der Waals surface area contributed by atoms with Gasteiger partial charge in [-0.15, -0.1) is 0 Å². The first-order valence-electron chi connectivity index (χ1n) is 6.75. The molecule has 23 heavy (non-hydrogen) atoms. The molecule has 6 heteroatoms. The van der Waals surface area contributed by atoms with E-state index in [9.17, 15) is 4.39 Å². The Bertz CT molecular complexity index is 706. The smallest absolute Gasteiger partial charge is 0.255 e. The molecular formula is C17H18FNO4. The Morgan fingerprint density at radius 1 is 0.913 bits per heavy atom. The maximum atomic E-state index is 13.8. The second kappa shape index (κ2) is 7.00. The molecule has 0 fully saturated rings. The topological polar surface area (TPSA) is 49.8 Å². The van der Waals surface area contributed by atoms with Gasteiger partial charge in [-0.2, -0.15) is 4.39 Å². The Balaban J connectivity index is 2.49. The Hall–Kier alpha value is -2.76. The summed E-state index contributed by atoms with van der Waals surface area (Å²) in [5, 5.41) is 0. The second-order valence-electron chi connectivity index (χ2n) is 4.58. The van der Waals surface area contributed by atoms with Crippen LogP contribution in [0, 0.1) is 5.95 Å². The van der Waals surface area contributed by atoms with E-state index < -0.39 is 5.95 Å². The number of benzene rings is 1. The van der Waals surface area contributed by atoms with Crippen molar-refractivity contribution in [3.8, 4) is 23.0 Å². The molecule has 0 saturated heterocycles. The molecular weight excluding hydrogens is 301 g/mol. The number of aromatic nitrogens is 1. The van der Waals surface area contributed by atoms with Gasteiger partial charge in [0, 0.05) is 5.57 Å². The lowest BCUT2D eigenvalue weighted by molar-refractivity contribution is 0.324. The predicted molar refractivity (Wildman–Crippen MR) is 85.0 cm³/mol. The number of hydrogen-bond donors (Lipinski definition) is 0. The summed E-state index contributed by atoms with van der Waals surface area (Å²) in [5.74, 6) is 0.819. The molecule has 0 bridgehead atoms. The first-order valence-corrected chi connectivity index (χ1v) is 6.75. The fourth-order valence-corrected chi connectivity index (χ4v) is 2.15. The summed E-state index contributed by atoms with van der Waals surface area (Å²) in [5.41, 5.74) is 1.58. The number of rotatable bonds is 6. The lowest BCUT2D eigenvalue weighted by Crippen LogP contribution is -1.99. The van der Waals surface area contributed by atoms with E-state index >= 15 is 0 Å². The number of hydrogen-bond acceptors (Lipinski definition) is 5. The standard InChI is InChI=1S/C17H18FNO4/c1-10(12-6-7-13(20-2)17(18)19-12)11-8-14(21-3)16(23-5)15(9-11)22-4/h6-9H,1H2,2-5H3. The van der Waals surface area contributed by atoms with Crippen LogP contribution in [0.1, 0.15) is 11.3 Å². The van der Waals surface area contributed by atoms with Crippen LogP contribution in [-0.4, -0.2) is 33.4 Å².